The van der Waals surface area contributed by atoms with Gasteiger partial charge in [0.25, 0.3) is 5.91 Å². The Kier molecular flexibility index (Phi) is 5.16. The molecule has 154 valence electrons. The SMILES string of the molecule is O=C1CN(C(=O)COc2cc(C(F)(F)F)cc(C(F)(F)F)c2)c2ccccc2N1. The van der Waals surface area contributed by atoms with Crippen LogP contribution < -0.4 is 15.0 Å². The van der Waals surface area contributed by atoms with E-state index in [-0.39, 0.29) is 12.6 Å². The summed E-state index contributed by atoms with van der Waals surface area (Å²) in [5, 5.41) is 2.54. The van der Waals surface area contributed by atoms with Crippen LogP contribution in [0.5, 0.6) is 5.75 Å². The molecule has 0 aliphatic carbocycles. The molecule has 0 radical (unpaired) electrons. The Bertz CT molecular complexity index is 923. The number of nitrogens with one attached hydrogen (secondary N) is 1. The number of halogens is 6. The topological polar surface area (TPSA) is 58.6 Å². The number of amides is 2. The molecule has 3 rings (SSSR count). The van der Waals surface area contributed by atoms with E-state index in [0.717, 1.165) is 4.90 Å². The Hall–Kier alpha value is -3.24. The molecule has 0 fully saturated rings. The summed E-state index contributed by atoms with van der Waals surface area (Å²) >= 11 is 0. The first-order valence-electron chi connectivity index (χ1n) is 8.06. The molecule has 0 saturated carbocycles. The molecule has 2 amide bonds. The number of benzene rings is 2. The highest BCUT2D eigenvalue weighted by Crippen LogP contribution is 2.38. The van der Waals surface area contributed by atoms with Gasteiger partial charge in [-0.15, -0.1) is 0 Å². The fraction of sp³-hybridized carbons (Fsp3) is 0.222. The number of nitrogens with zero attached hydrogens (tertiary/aromatic N) is 1. The number of carbonyl (C=O) groups is 2. The van der Waals surface area contributed by atoms with Crippen molar-refractivity contribution in [3.05, 3.63) is 53.6 Å². The molecule has 5 nitrogen and oxygen atoms in total. The molecule has 0 spiro atoms. The highest BCUT2D eigenvalue weighted by atomic mass is 19.4. The largest absolute Gasteiger partial charge is 0.484 e. The summed E-state index contributed by atoms with van der Waals surface area (Å²) in [6.07, 6.45) is -10.1. The summed E-state index contributed by atoms with van der Waals surface area (Å²) in [6.45, 7) is -1.23. The van der Waals surface area contributed by atoms with Crippen LogP contribution in [0, 0.1) is 0 Å². The second kappa shape index (κ2) is 7.30. The van der Waals surface area contributed by atoms with Crippen LogP contribution in [0.2, 0.25) is 0 Å². The van der Waals surface area contributed by atoms with Crippen molar-refractivity contribution < 1.29 is 40.7 Å². The van der Waals surface area contributed by atoms with Gasteiger partial charge in [0.1, 0.15) is 12.3 Å². The zero-order valence-corrected chi connectivity index (χ0v) is 14.4. The number of ether oxygens (including phenoxy) is 1. The first-order chi connectivity index (χ1) is 13.4. The van der Waals surface area contributed by atoms with E-state index in [4.69, 9.17) is 4.74 Å². The normalized spacial score (nSPS) is 14.3. The molecule has 2 aromatic carbocycles. The van der Waals surface area contributed by atoms with E-state index in [1.807, 2.05) is 0 Å². The first-order valence-corrected chi connectivity index (χ1v) is 8.06. The number of rotatable bonds is 3. The number of fused-ring (bicyclic) bond motifs is 1. The second-order valence-corrected chi connectivity index (χ2v) is 6.08. The predicted octanol–water partition coefficient (Wildman–Crippen LogP) is 4.09. The quantitative estimate of drug-likeness (QED) is 0.765. The number of alkyl halides is 6. The van der Waals surface area contributed by atoms with Crippen molar-refractivity contribution in [2.24, 2.45) is 0 Å². The van der Waals surface area contributed by atoms with Gasteiger partial charge in [-0.3, -0.25) is 14.5 Å². The van der Waals surface area contributed by atoms with Crippen molar-refractivity contribution in [1.29, 1.82) is 0 Å². The monoisotopic (exact) mass is 418 g/mol. The molecule has 2 aromatic rings. The zero-order valence-electron chi connectivity index (χ0n) is 14.4. The maximum Gasteiger partial charge on any atom is 0.416 e. The lowest BCUT2D eigenvalue weighted by atomic mass is 10.1. The van der Waals surface area contributed by atoms with Gasteiger partial charge in [-0.25, -0.2) is 0 Å². The minimum atomic E-state index is -5.03. The Morgan fingerprint density at radius 3 is 2.17 bits per heavy atom. The fourth-order valence-corrected chi connectivity index (χ4v) is 2.69. The van der Waals surface area contributed by atoms with Crippen LogP contribution in [-0.4, -0.2) is 25.0 Å². The first kappa shape index (κ1) is 20.5. The Labute approximate surface area is 159 Å². The molecule has 0 aromatic heterocycles. The van der Waals surface area contributed by atoms with Crippen LogP contribution in [0.25, 0.3) is 0 Å². The van der Waals surface area contributed by atoms with E-state index in [1.165, 1.54) is 12.1 Å². The van der Waals surface area contributed by atoms with Gasteiger partial charge in [0.05, 0.1) is 22.5 Å². The van der Waals surface area contributed by atoms with E-state index < -0.39 is 47.7 Å². The molecule has 11 heteroatoms. The van der Waals surface area contributed by atoms with Gasteiger partial charge < -0.3 is 10.1 Å². The molecule has 1 N–H and O–H groups in total. The van der Waals surface area contributed by atoms with Gasteiger partial charge in [0.2, 0.25) is 5.91 Å². The number of para-hydroxylation sites is 2. The van der Waals surface area contributed by atoms with Crippen LogP contribution in [0.1, 0.15) is 11.1 Å². The summed E-state index contributed by atoms with van der Waals surface area (Å²) in [5.74, 6) is -2.08. The van der Waals surface area contributed by atoms with Crippen molar-refractivity contribution in [2.45, 2.75) is 12.4 Å². The summed E-state index contributed by atoms with van der Waals surface area (Å²) in [6, 6.07) is 6.98. The smallest absolute Gasteiger partial charge is 0.416 e. The summed E-state index contributed by atoms with van der Waals surface area (Å²) < 4.78 is 82.3. The summed E-state index contributed by atoms with van der Waals surface area (Å²) in [7, 11) is 0. The van der Waals surface area contributed by atoms with Crippen LogP contribution >= 0.6 is 0 Å². The average molecular weight is 418 g/mol. The van der Waals surface area contributed by atoms with Crippen molar-refractivity contribution in [3.63, 3.8) is 0 Å². The van der Waals surface area contributed by atoms with Crippen molar-refractivity contribution >= 4 is 23.2 Å². The fourth-order valence-electron chi connectivity index (χ4n) is 2.69. The molecule has 0 bridgehead atoms. The van der Waals surface area contributed by atoms with Gasteiger partial charge in [-0.1, -0.05) is 12.1 Å². The maximum atomic E-state index is 12.9. The summed E-state index contributed by atoms with van der Waals surface area (Å²) in [4.78, 5) is 25.2. The second-order valence-electron chi connectivity index (χ2n) is 6.08. The minimum absolute atomic E-state index is 0.0418. The average Bonchev–Trinajstić information content (AvgIpc) is 2.63. The van der Waals surface area contributed by atoms with Crippen molar-refractivity contribution in [1.82, 2.24) is 0 Å². The molecule has 1 aliphatic rings. The molecule has 0 saturated heterocycles. The van der Waals surface area contributed by atoms with Crippen LogP contribution in [0.4, 0.5) is 37.7 Å². The molecule has 0 unspecified atom stereocenters. The number of carbonyl (C=O) groups excluding carboxylic acids is 2. The highest BCUT2D eigenvalue weighted by molar-refractivity contribution is 6.10. The lowest BCUT2D eigenvalue weighted by Gasteiger charge is -2.29. The lowest BCUT2D eigenvalue weighted by Crippen LogP contribution is -2.44. The Balaban J connectivity index is 1.83. The van der Waals surface area contributed by atoms with Gasteiger partial charge >= 0.3 is 12.4 Å². The molecular weight excluding hydrogens is 406 g/mol. The third-order valence-electron chi connectivity index (χ3n) is 4.00. The Morgan fingerprint density at radius 1 is 1.00 bits per heavy atom. The molecule has 1 aliphatic heterocycles. The zero-order chi connectivity index (χ0) is 21.4. The van der Waals surface area contributed by atoms with E-state index in [0.29, 0.717) is 23.5 Å². The standard InChI is InChI=1S/C18H12F6N2O3/c19-17(20,21)10-5-11(18(22,23)24)7-12(6-10)29-9-16(28)26-8-15(27)25-13-3-1-2-4-14(13)26/h1-7H,8-9H2,(H,25,27). The Morgan fingerprint density at radius 2 is 1.59 bits per heavy atom. The molecule has 0 atom stereocenters. The van der Waals surface area contributed by atoms with Gasteiger partial charge in [0, 0.05) is 0 Å². The van der Waals surface area contributed by atoms with Gasteiger partial charge in [-0.2, -0.15) is 26.3 Å². The van der Waals surface area contributed by atoms with Crippen molar-refractivity contribution in [3.8, 4) is 5.75 Å². The van der Waals surface area contributed by atoms with Gasteiger partial charge in [0.15, 0.2) is 6.61 Å². The number of hydrogen-bond donors (Lipinski definition) is 1. The van der Waals surface area contributed by atoms with Crippen LogP contribution in [-0.2, 0) is 21.9 Å². The minimum Gasteiger partial charge on any atom is -0.484 e. The lowest BCUT2D eigenvalue weighted by molar-refractivity contribution is -0.143. The predicted molar refractivity (Wildman–Crippen MR) is 89.4 cm³/mol. The molecule has 1 heterocycles. The molecule has 29 heavy (non-hydrogen) atoms. The molecular formula is C18H12F6N2O3. The van der Waals surface area contributed by atoms with Crippen LogP contribution in [0.3, 0.4) is 0 Å². The van der Waals surface area contributed by atoms with Crippen molar-refractivity contribution in [2.75, 3.05) is 23.4 Å². The third kappa shape index (κ3) is 4.61. The van der Waals surface area contributed by atoms with E-state index in [1.54, 1.807) is 12.1 Å². The maximum absolute atomic E-state index is 12.9. The third-order valence-corrected chi connectivity index (χ3v) is 4.00. The number of hydrogen-bond acceptors (Lipinski definition) is 3. The summed E-state index contributed by atoms with van der Waals surface area (Å²) in [5.41, 5.74) is -2.44. The highest BCUT2D eigenvalue weighted by Gasteiger charge is 2.37. The van der Waals surface area contributed by atoms with E-state index in [9.17, 15) is 35.9 Å². The van der Waals surface area contributed by atoms with Gasteiger partial charge in [-0.05, 0) is 30.3 Å². The van der Waals surface area contributed by atoms with Crippen LogP contribution in [0.15, 0.2) is 42.5 Å². The van der Waals surface area contributed by atoms with E-state index >= 15 is 0 Å². The number of anilines is 2. The van der Waals surface area contributed by atoms with E-state index in [2.05, 4.69) is 5.32 Å².